The van der Waals surface area contributed by atoms with Crippen LogP contribution in [0, 0.1) is 5.82 Å². The lowest BCUT2D eigenvalue weighted by Crippen LogP contribution is -2.23. The highest BCUT2D eigenvalue weighted by Crippen LogP contribution is 2.10. The molecule has 0 spiro atoms. The van der Waals surface area contributed by atoms with Crippen molar-refractivity contribution in [2.45, 2.75) is 32.3 Å². The number of carbonyl (C=O) groups is 1. The number of ether oxygens (including phenoxy) is 2. The third kappa shape index (κ3) is 4.84. The zero-order valence-corrected chi connectivity index (χ0v) is 10.8. The van der Waals surface area contributed by atoms with Gasteiger partial charge >= 0.3 is 5.97 Å². The first-order valence-corrected chi connectivity index (χ1v) is 6.12. The monoisotopic (exact) mass is 254 g/mol. The largest absolute Gasteiger partial charge is 0.456 e. The first kappa shape index (κ1) is 14.6. The first-order chi connectivity index (χ1) is 8.67. The summed E-state index contributed by atoms with van der Waals surface area (Å²) in [6.45, 7) is 2.46. The Hall–Kier alpha value is -1.42. The first-order valence-electron chi connectivity index (χ1n) is 6.12. The quantitative estimate of drug-likeness (QED) is 0.701. The van der Waals surface area contributed by atoms with E-state index in [1.807, 2.05) is 0 Å². The lowest BCUT2D eigenvalue weighted by molar-refractivity contribution is 0.00251. The van der Waals surface area contributed by atoms with Crippen molar-refractivity contribution in [3.05, 3.63) is 35.6 Å². The summed E-state index contributed by atoms with van der Waals surface area (Å²) in [5.41, 5.74) is 0.356. The van der Waals surface area contributed by atoms with E-state index in [4.69, 9.17) is 9.47 Å². The maximum absolute atomic E-state index is 12.7. The van der Waals surface area contributed by atoms with E-state index in [2.05, 4.69) is 6.92 Å². The van der Waals surface area contributed by atoms with Crippen LogP contribution in [0.2, 0.25) is 0 Å². The van der Waals surface area contributed by atoms with Gasteiger partial charge in [0.15, 0.2) is 0 Å². The van der Waals surface area contributed by atoms with E-state index in [9.17, 15) is 9.18 Å². The zero-order valence-electron chi connectivity index (χ0n) is 10.8. The van der Waals surface area contributed by atoms with Crippen molar-refractivity contribution in [2.24, 2.45) is 0 Å². The van der Waals surface area contributed by atoms with Gasteiger partial charge in [0.05, 0.1) is 12.2 Å². The summed E-state index contributed by atoms with van der Waals surface area (Å²) < 4.78 is 23.1. The summed E-state index contributed by atoms with van der Waals surface area (Å²) >= 11 is 0. The van der Waals surface area contributed by atoms with Crippen LogP contribution >= 0.6 is 0 Å². The van der Waals surface area contributed by atoms with E-state index >= 15 is 0 Å². The molecule has 0 aliphatic rings. The van der Waals surface area contributed by atoms with E-state index in [1.54, 1.807) is 7.11 Å². The van der Waals surface area contributed by atoms with Crippen molar-refractivity contribution < 1.29 is 18.7 Å². The second kappa shape index (κ2) is 7.82. The van der Waals surface area contributed by atoms with Gasteiger partial charge < -0.3 is 9.47 Å². The van der Waals surface area contributed by atoms with Crippen LogP contribution in [0.5, 0.6) is 0 Å². The number of benzene rings is 1. The fourth-order valence-electron chi connectivity index (χ4n) is 1.60. The molecule has 0 aliphatic heterocycles. The fourth-order valence-corrected chi connectivity index (χ4v) is 1.60. The van der Waals surface area contributed by atoms with Gasteiger partial charge in [-0.3, -0.25) is 0 Å². The number of methoxy groups -OCH3 is 1. The van der Waals surface area contributed by atoms with Crippen molar-refractivity contribution in [2.75, 3.05) is 13.7 Å². The molecule has 0 heterocycles. The van der Waals surface area contributed by atoms with Crippen LogP contribution in [0.4, 0.5) is 4.39 Å². The summed E-state index contributed by atoms with van der Waals surface area (Å²) in [6.07, 6.45) is 2.54. The smallest absolute Gasteiger partial charge is 0.338 e. The average molecular weight is 254 g/mol. The minimum atomic E-state index is -0.437. The minimum Gasteiger partial charge on any atom is -0.456 e. The van der Waals surface area contributed by atoms with Crippen molar-refractivity contribution in [1.82, 2.24) is 0 Å². The molecular formula is C14H19FO3. The van der Waals surface area contributed by atoms with Crippen LogP contribution in [0.1, 0.15) is 36.5 Å². The van der Waals surface area contributed by atoms with Crippen molar-refractivity contribution in [3.8, 4) is 0 Å². The molecule has 18 heavy (non-hydrogen) atoms. The van der Waals surface area contributed by atoms with E-state index in [0.29, 0.717) is 12.2 Å². The molecule has 0 bridgehead atoms. The number of hydrogen-bond acceptors (Lipinski definition) is 3. The topological polar surface area (TPSA) is 35.5 Å². The normalized spacial score (nSPS) is 12.2. The Balaban J connectivity index is 2.56. The van der Waals surface area contributed by atoms with Crippen LogP contribution < -0.4 is 0 Å². The zero-order chi connectivity index (χ0) is 13.4. The van der Waals surface area contributed by atoms with E-state index in [-0.39, 0.29) is 11.9 Å². The van der Waals surface area contributed by atoms with Gasteiger partial charge in [0.25, 0.3) is 0 Å². The SMILES string of the molecule is CCCCC(COC)OC(=O)c1ccc(F)cc1. The Kier molecular flexibility index (Phi) is 6.36. The van der Waals surface area contributed by atoms with Gasteiger partial charge in [-0.2, -0.15) is 0 Å². The lowest BCUT2D eigenvalue weighted by atomic mass is 10.1. The maximum Gasteiger partial charge on any atom is 0.338 e. The fraction of sp³-hybridized carbons (Fsp3) is 0.500. The number of halogens is 1. The molecule has 1 aromatic carbocycles. The molecular weight excluding hydrogens is 235 g/mol. The molecule has 1 rings (SSSR count). The molecule has 1 aromatic rings. The highest BCUT2D eigenvalue weighted by molar-refractivity contribution is 5.89. The van der Waals surface area contributed by atoms with Gasteiger partial charge in [-0.25, -0.2) is 9.18 Å². The second-order valence-corrected chi connectivity index (χ2v) is 4.13. The van der Waals surface area contributed by atoms with Crippen LogP contribution in [-0.4, -0.2) is 25.8 Å². The van der Waals surface area contributed by atoms with Gasteiger partial charge in [0.2, 0.25) is 0 Å². The van der Waals surface area contributed by atoms with Crippen molar-refractivity contribution >= 4 is 5.97 Å². The third-order valence-electron chi connectivity index (χ3n) is 2.59. The Morgan fingerprint density at radius 3 is 2.56 bits per heavy atom. The van der Waals surface area contributed by atoms with Crippen LogP contribution in [0.15, 0.2) is 24.3 Å². The molecule has 1 atom stereocenters. The van der Waals surface area contributed by atoms with Crippen LogP contribution in [-0.2, 0) is 9.47 Å². The molecule has 0 N–H and O–H groups in total. The Labute approximate surface area is 107 Å². The molecule has 100 valence electrons. The Morgan fingerprint density at radius 2 is 2.00 bits per heavy atom. The molecule has 0 aliphatic carbocycles. The summed E-state index contributed by atoms with van der Waals surface area (Å²) in [7, 11) is 1.57. The predicted molar refractivity (Wildman–Crippen MR) is 67.0 cm³/mol. The molecule has 0 fully saturated rings. The van der Waals surface area contributed by atoms with Crippen molar-refractivity contribution in [1.29, 1.82) is 0 Å². The summed E-state index contributed by atoms with van der Waals surface area (Å²) in [6, 6.07) is 5.32. The molecule has 3 nitrogen and oxygen atoms in total. The van der Waals surface area contributed by atoms with Gasteiger partial charge in [-0.05, 0) is 37.1 Å². The van der Waals surface area contributed by atoms with Gasteiger partial charge in [-0.1, -0.05) is 13.3 Å². The number of unbranched alkanes of at least 4 members (excludes halogenated alkanes) is 1. The number of rotatable bonds is 7. The van der Waals surface area contributed by atoms with E-state index in [1.165, 1.54) is 24.3 Å². The summed E-state index contributed by atoms with van der Waals surface area (Å²) in [5.74, 6) is -0.806. The number of hydrogen-bond donors (Lipinski definition) is 0. The molecule has 0 aromatic heterocycles. The second-order valence-electron chi connectivity index (χ2n) is 4.13. The highest BCUT2D eigenvalue weighted by atomic mass is 19.1. The number of esters is 1. The molecule has 4 heteroatoms. The van der Waals surface area contributed by atoms with E-state index < -0.39 is 5.97 Å². The summed E-state index contributed by atoms with van der Waals surface area (Å²) in [5, 5.41) is 0. The summed E-state index contributed by atoms with van der Waals surface area (Å²) in [4.78, 5) is 11.8. The molecule has 0 amide bonds. The number of carbonyl (C=O) groups excluding carboxylic acids is 1. The lowest BCUT2D eigenvalue weighted by Gasteiger charge is -2.16. The van der Waals surface area contributed by atoms with Gasteiger partial charge in [-0.15, -0.1) is 0 Å². The van der Waals surface area contributed by atoms with Gasteiger partial charge in [0, 0.05) is 7.11 Å². The molecule has 0 saturated heterocycles. The van der Waals surface area contributed by atoms with Crippen LogP contribution in [0.25, 0.3) is 0 Å². The predicted octanol–water partition coefficient (Wildman–Crippen LogP) is 3.19. The molecule has 1 unspecified atom stereocenters. The Bertz CT molecular complexity index is 362. The standard InChI is InChI=1S/C14H19FO3/c1-3-4-5-13(10-17-2)18-14(16)11-6-8-12(15)9-7-11/h6-9,13H,3-5,10H2,1-2H3. The minimum absolute atomic E-state index is 0.243. The third-order valence-corrected chi connectivity index (χ3v) is 2.59. The van der Waals surface area contributed by atoms with Gasteiger partial charge in [0.1, 0.15) is 11.9 Å². The Morgan fingerprint density at radius 1 is 1.33 bits per heavy atom. The molecule has 0 saturated carbocycles. The average Bonchev–Trinajstić information content (AvgIpc) is 2.37. The highest BCUT2D eigenvalue weighted by Gasteiger charge is 2.15. The van der Waals surface area contributed by atoms with E-state index in [0.717, 1.165) is 19.3 Å². The van der Waals surface area contributed by atoms with Crippen LogP contribution in [0.3, 0.4) is 0 Å². The maximum atomic E-state index is 12.7. The molecule has 0 radical (unpaired) electrons. The van der Waals surface area contributed by atoms with Crippen molar-refractivity contribution in [3.63, 3.8) is 0 Å².